The number of benzene rings is 1. The average molecular weight is 177 g/mol. The maximum absolute atomic E-state index is 10.7. The Labute approximate surface area is 79.0 Å². The SMILES string of the molecule is CC(=O)CCNc1ccccc1C. The van der Waals surface area contributed by atoms with Gasteiger partial charge in [-0.05, 0) is 25.5 Å². The highest BCUT2D eigenvalue weighted by atomic mass is 16.1. The highest BCUT2D eigenvalue weighted by Gasteiger charge is 1.96. The third-order valence-electron chi connectivity index (χ3n) is 1.94. The lowest BCUT2D eigenvalue weighted by atomic mass is 10.2. The Bertz CT molecular complexity index is 294. The molecule has 0 aromatic heterocycles. The van der Waals surface area contributed by atoms with Gasteiger partial charge in [0, 0.05) is 18.7 Å². The number of carbonyl (C=O) groups excluding carboxylic acids is 1. The van der Waals surface area contributed by atoms with E-state index in [4.69, 9.17) is 0 Å². The van der Waals surface area contributed by atoms with Crippen molar-refractivity contribution < 1.29 is 4.79 Å². The van der Waals surface area contributed by atoms with Gasteiger partial charge in [0.2, 0.25) is 0 Å². The Kier molecular flexibility index (Phi) is 3.50. The van der Waals surface area contributed by atoms with Gasteiger partial charge in [-0.1, -0.05) is 18.2 Å². The number of anilines is 1. The minimum atomic E-state index is 0.223. The van der Waals surface area contributed by atoms with Crippen molar-refractivity contribution in [2.75, 3.05) is 11.9 Å². The van der Waals surface area contributed by atoms with Crippen molar-refractivity contribution in [3.05, 3.63) is 29.8 Å². The van der Waals surface area contributed by atoms with Gasteiger partial charge in [0.1, 0.15) is 5.78 Å². The summed E-state index contributed by atoms with van der Waals surface area (Å²) in [5.74, 6) is 0.223. The Morgan fingerprint density at radius 3 is 2.69 bits per heavy atom. The van der Waals surface area contributed by atoms with Crippen LogP contribution >= 0.6 is 0 Å². The number of nitrogens with one attached hydrogen (secondary N) is 1. The van der Waals surface area contributed by atoms with E-state index in [0.717, 1.165) is 12.2 Å². The lowest BCUT2D eigenvalue weighted by Crippen LogP contribution is -2.06. The molecule has 0 saturated heterocycles. The topological polar surface area (TPSA) is 29.1 Å². The number of ketones is 1. The molecule has 0 saturated carbocycles. The molecule has 0 bridgehead atoms. The standard InChI is InChI=1S/C11H15NO/c1-9-5-3-4-6-11(9)12-8-7-10(2)13/h3-6,12H,7-8H2,1-2H3. The molecular weight excluding hydrogens is 162 g/mol. The van der Waals surface area contributed by atoms with Gasteiger partial charge in [-0.3, -0.25) is 4.79 Å². The quantitative estimate of drug-likeness (QED) is 0.765. The molecule has 0 radical (unpaired) electrons. The summed E-state index contributed by atoms with van der Waals surface area (Å²) in [5, 5.41) is 3.22. The molecule has 1 N–H and O–H groups in total. The minimum absolute atomic E-state index is 0.223. The van der Waals surface area contributed by atoms with E-state index < -0.39 is 0 Å². The fourth-order valence-electron chi connectivity index (χ4n) is 1.14. The van der Waals surface area contributed by atoms with Crippen LogP contribution in [-0.2, 0) is 4.79 Å². The largest absolute Gasteiger partial charge is 0.384 e. The Morgan fingerprint density at radius 2 is 2.08 bits per heavy atom. The van der Waals surface area contributed by atoms with E-state index >= 15 is 0 Å². The maximum atomic E-state index is 10.7. The van der Waals surface area contributed by atoms with E-state index in [1.54, 1.807) is 6.92 Å². The molecule has 13 heavy (non-hydrogen) atoms. The summed E-state index contributed by atoms with van der Waals surface area (Å²) in [5.41, 5.74) is 2.33. The molecule has 0 amide bonds. The first-order valence-electron chi connectivity index (χ1n) is 4.49. The molecule has 0 spiro atoms. The molecule has 70 valence electrons. The Balaban J connectivity index is 2.45. The number of carbonyl (C=O) groups is 1. The zero-order valence-electron chi connectivity index (χ0n) is 8.13. The zero-order valence-corrected chi connectivity index (χ0v) is 8.13. The lowest BCUT2D eigenvalue weighted by molar-refractivity contribution is -0.116. The van der Waals surface area contributed by atoms with Gasteiger partial charge in [-0.15, -0.1) is 0 Å². The van der Waals surface area contributed by atoms with Crippen LogP contribution in [0, 0.1) is 6.92 Å². The smallest absolute Gasteiger partial charge is 0.131 e. The maximum Gasteiger partial charge on any atom is 0.131 e. The molecule has 1 aromatic rings. The molecule has 2 nitrogen and oxygen atoms in total. The number of para-hydroxylation sites is 1. The van der Waals surface area contributed by atoms with Crippen LogP contribution in [-0.4, -0.2) is 12.3 Å². The summed E-state index contributed by atoms with van der Waals surface area (Å²) in [6.07, 6.45) is 0.592. The van der Waals surface area contributed by atoms with Crippen LogP contribution in [0.15, 0.2) is 24.3 Å². The molecule has 0 heterocycles. The van der Waals surface area contributed by atoms with Gasteiger partial charge in [-0.2, -0.15) is 0 Å². The third kappa shape index (κ3) is 3.28. The van der Waals surface area contributed by atoms with Gasteiger partial charge in [0.25, 0.3) is 0 Å². The van der Waals surface area contributed by atoms with Crippen LogP contribution in [0.3, 0.4) is 0 Å². The first kappa shape index (κ1) is 9.78. The van der Waals surface area contributed by atoms with E-state index in [9.17, 15) is 4.79 Å². The van der Waals surface area contributed by atoms with E-state index in [2.05, 4.69) is 18.3 Å². The highest BCUT2D eigenvalue weighted by molar-refractivity contribution is 5.76. The van der Waals surface area contributed by atoms with Crippen LogP contribution in [0.5, 0.6) is 0 Å². The summed E-state index contributed by atoms with van der Waals surface area (Å²) in [6, 6.07) is 8.07. The van der Waals surface area contributed by atoms with E-state index in [1.807, 2.05) is 18.2 Å². The molecule has 1 rings (SSSR count). The first-order chi connectivity index (χ1) is 6.20. The van der Waals surface area contributed by atoms with Gasteiger partial charge < -0.3 is 5.32 Å². The number of hydrogen-bond acceptors (Lipinski definition) is 2. The van der Waals surface area contributed by atoms with Gasteiger partial charge in [-0.25, -0.2) is 0 Å². The summed E-state index contributed by atoms with van der Waals surface area (Å²) < 4.78 is 0. The van der Waals surface area contributed by atoms with E-state index in [0.29, 0.717) is 6.42 Å². The fraction of sp³-hybridized carbons (Fsp3) is 0.364. The van der Waals surface area contributed by atoms with Crippen molar-refractivity contribution >= 4 is 11.5 Å². The van der Waals surface area contributed by atoms with Crippen LogP contribution in [0.2, 0.25) is 0 Å². The lowest BCUT2D eigenvalue weighted by Gasteiger charge is -2.07. The fourth-order valence-corrected chi connectivity index (χ4v) is 1.14. The molecule has 2 heteroatoms. The molecule has 0 atom stereocenters. The average Bonchev–Trinajstić information content (AvgIpc) is 2.08. The predicted molar refractivity (Wildman–Crippen MR) is 55.0 cm³/mol. The monoisotopic (exact) mass is 177 g/mol. The molecule has 0 fully saturated rings. The van der Waals surface area contributed by atoms with Crippen LogP contribution in [0.1, 0.15) is 18.9 Å². The highest BCUT2D eigenvalue weighted by Crippen LogP contribution is 2.12. The second kappa shape index (κ2) is 4.65. The van der Waals surface area contributed by atoms with Crippen molar-refractivity contribution in [3.8, 4) is 0 Å². The van der Waals surface area contributed by atoms with Crippen molar-refractivity contribution in [1.29, 1.82) is 0 Å². The van der Waals surface area contributed by atoms with Crippen LogP contribution in [0.25, 0.3) is 0 Å². The number of aryl methyl sites for hydroxylation is 1. The van der Waals surface area contributed by atoms with Crippen LogP contribution < -0.4 is 5.32 Å². The van der Waals surface area contributed by atoms with Crippen LogP contribution in [0.4, 0.5) is 5.69 Å². The second-order valence-electron chi connectivity index (χ2n) is 3.19. The van der Waals surface area contributed by atoms with E-state index in [1.165, 1.54) is 5.56 Å². The summed E-state index contributed by atoms with van der Waals surface area (Å²) >= 11 is 0. The summed E-state index contributed by atoms with van der Waals surface area (Å²) in [7, 11) is 0. The summed E-state index contributed by atoms with van der Waals surface area (Å²) in [4.78, 5) is 10.7. The Hall–Kier alpha value is -1.31. The molecule has 0 aliphatic heterocycles. The van der Waals surface area contributed by atoms with Crippen molar-refractivity contribution in [2.45, 2.75) is 20.3 Å². The number of hydrogen-bond donors (Lipinski definition) is 1. The normalized spacial score (nSPS) is 9.69. The number of rotatable bonds is 4. The van der Waals surface area contributed by atoms with Crippen molar-refractivity contribution in [1.82, 2.24) is 0 Å². The third-order valence-corrected chi connectivity index (χ3v) is 1.94. The molecule has 0 aliphatic rings. The van der Waals surface area contributed by atoms with Gasteiger partial charge >= 0.3 is 0 Å². The van der Waals surface area contributed by atoms with Gasteiger partial charge in [0.05, 0.1) is 0 Å². The first-order valence-corrected chi connectivity index (χ1v) is 4.49. The zero-order chi connectivity index (χ0) is 9.68. The van der Waals surface area contributed by atoms with E-state index in [-0.39, 0.29) is 5.78 Å². The molecule has 0 unspecified atom stereocenters. The molecular formula is C11H15NO. The predicted octanol–water partition coefficient (Wildman–Crippen LogP) is 2.39. The molecule has 1 aromatic carbocycles. The number of Topliss-reactive ketones (excluding diaryl/α,β-unsaturated/α-hetero) is 1. The summed E-state index contributed by atoms with van der Waals surface area (Å²) in [6.45, 7) is 4.38. The molecule has 0 aliphatic carbocycles. The Morgan fingerprint density at radius 1 is 1.38 bits per heavy atom. The van der Waals surface area contributed by atoms with Crippen molar-refractivity contribution in [2.24, 2.45) is 0 Å². The second-order valence-corrected chi connectivity index (χ2v) is 3.19. The minimum Gasteiger partial charge on any atom is -0.384 e. The van der Waals surface area contributed by atoms with Gasteiger partial charge in [0.15, 0.2) is 0 Å². The van der Waals surface area contributed by atoms with Crippen molar-refractivity contribution in [3.63, 3.8) is 0 Å².